The highest BCUT2D eigenvalue weighted by Crippen LogP contribution is 2.15. The number of amides is 2. The second-order valence-electron chi connectivity index (χ2n) is 5.96. The van der Waals surface area contributed by atoms with Gasteiger partial charge in [0, 0.05) is 36.3 Å². The van der Waals surface area contributed by atoms with Gasteiger partial charge in [-0.25, -0.2) is 0 Å². The summed E-state index contributed by atoms with van der Waals surface area (Å²) in [6.07, 6.45) is 2.08. The van der Waals surface area contributed by atoms with Crippen molar-refractivity contribution in [3.05, 3.63) is 69.8 Å². The molecule has 1 saturated heterocycles. The number of nitro benzene ring substituents is 1. The number of nitro groups is 1. The monoisotopic (exact) mass is 354 g/mol. The molecule has 0 radical (unpaired) electrons. The van der Waals surface area contributed by atoms with Gasteiger partial charge in [-0.1, -0.05) is 0 Å². The van der Waals surface area contributed by atoms with Crippen molar-refractivity contribution in [2.45, 2.75) is 12.8 Å². The number of nitrogens with zero attached hydrogens (tertiary/aromatic N) is 2. The van der Waals surface area contributed by atoms with Crippen molar-refractivity contribution in [3.8, 4) is 0 Å². The number of nitrogens with one attached hydrogen (secondary N) is 2. The van der Waals surface area contributed by atoms with Gasteiger partial charge in [-0.15, -0.1) is 0 Å². The summed E-state index contributed by atoms with van der Waals surface area (Å²) < 4.78 is 0. The molecular weight excluding hydrogens is 336 g/mol. The Morgan fingerprint density at radius 2 is 1.50 bits per heavy atom. The summed E-state index contributed by atoms with van der Waals surface area (Å²) in [7, 11) is 0. The Hall–Kier alpha value is -3.42. The molecule has 0 aromatic heterocycles. The minimum absolute atomic E-state index is 0.0176. The molecule has 0 spiro atoms. The molecule has 1 aliphatic heterocycles. The zero-order valence-electron chi connectivity index (χ0n) is 14.0. The maximum absolute atomic E-state index is 12.3. The van der Waals surface area contributed by atoms with Gasteiger partial charge in [-0.3, -0.25) is 30.6 Å². The largest absolute Gasteiger partial charge is 0.339 e. The molecule has 2 amide bonds. The molecule has 3 rings (SSSR count). The van der Waals surface area contributed by atoms with Gasteiger partial charge < -0.3 is 4.90 Å². The third-order valence-electron chi connectivity index (χ3n) is 4.19. The molecule has 1 heterocycles. The predicted octanol–water partition coefficient (Wildman–Crippen LogP) is 2.59. The number of hydrogen-bond donors (Lipinski definition) is 2. The van der Waals surface area contributed by atoms with Crippen LogP contribution in [-0.2, 0) is 0 Å². The summed E-state index contributed by atoms with van der Waals surface area (Å²) in [5.41, 5.74) is 6.72. The molecule has 0 bridgehead atoms. The van der Waals surface area contributed by atoms with Crippen LogP contribution in [0.3, 0.4) is 0 Å². The van der Waals surface area contributed by atoms with Gasteiger partial charge in [0.05, 0.1) is 10.6 Å². The fourth-order valence-corrected chi connectivity index (χ4v) is 2.73. The average Bonchev–Trinajstić information content (AvgIpc) is 3.21. The van der Waals surface area contributed by atoms with Crippen LogP contribution in [0.2, 0.25) is 0 Å². The van der Waals surface area contributed by atoms with Gasteiger partial charge >= 0.3 is 0 Å². The molecule has 2 N–H and O–H groups in total. The Morgan fingerprint density at radius 1 is 0.923 bits per heavy atom. The third kappa shape index (κ3) is 3.97. The summed E-state index contributed by atoms with van der Waals surface area (Å²) in [4.78, 5) is 36.2. The van der Waals surface area contributed by atoms with Crippen molar-refractivity contribution >= 4 is 23.2 Å². The van der Waals surface area contributed by atoms with E-state index in [1.807, 2.05) is 4.90 Å². The van der Waals surface area contributed by atoms with Crippen molar-refractivity contribution in [2.24, 2.45) is 0 Å². The van der Waals surface area contributed by atoms with E-state index in [1.165, 1.54) is 24.3 Å². The van der Waals surface area contributed by atoms with Gasteiger partial charge in [0.15, 0.2) is 0 Å². The van der Waals surface area contributed by atoms with Crippen molar-refractivity contribution in [2.75, 3.05) is 18.5 Å². The first kappa shape index (κ1) is 17.4. The Labute approximate surface area is 149 Å². The molecule has 0 aliphatic carbocycles. The summed E-state index contributed by atoms with van der Waals surface area (Å²) >= 11 is 0. The number of rotatable bonds is 5. The number of anilines is 1. The number of hydrazine groups is 1. The van der Waals surface area contributed by atoms with Crippen molar-refractivity contribution in [1.29, 1.82) is 0 Å². The van der Waals surface area contributed by atoms with E-state index in [0.29, 0.717) is 16.8 Å². The Morgan fingerprint density at radius 3 is 2.08 bits per heavy atom. The molecular formula is C18H18N4O4. The highest BCUT2D eigenvalue weighted by Gasteiger charge is 2.19. The molecule has 8 nitrogen and oxygen atoms in total. The first-order valence-electron chi connectivity index (χ1n) is 8.25. The number of benzene rings is 2. The van der Waals surface area contributed by atoms with E-state index in [-0.39, 0.29) is 11.6 Å². The second kappa shape index (κ2) is 7.64. The Kier molecular flexibility index (Phi) is 5.12. The predicted molar refractivity (Wildman–Crippen MR) is 95.8 cm³/mol. The first-order chi connectivity index (χ1) is 12.5. The number of carbonyl (C=O) groups is 2. The van der Waals surface area contributed by atoms with E-state index in [4.69, 9.17) is 0 Å². The van der Waals surface area contributed by atoms with Crippen molar-refractivity contribution in [1.82, 2.24) is 10.3 Å². The molecule has 2 aromatic rings. The lowest BCUT2D eigenvalue weighted by Gasteiger charge is -2.15. The third-order valence-corrected chi connectivity index (χ3v) is 4.19. The van der Waals surface area contributed by atoms with E-state index < -0.39 is 10.8 Å². The van der Waals surface area contributed by atoms with Gasteiger partial charge in [0.1, 0.15) is 0 Å². The van der Waals surface area contributed by atoms with Crippen LogP contribution < -0.4 is 10.9 Å². The summed E-state index contributed by atoms with van der Waals surface area (Å²) in [5, 5.41) is 10.6. The maximum atomic E-state index is 12.3. The fraction of sp³-hybridized carbons (Fsp3) is 0.222. The van der Waals surface area contributed by atoms with Crippen LogP contribution in [0, 0.1) is 10.1 Å². The van der Waals surface area contributed by atoms with Crippen LogP contribution in [0.15, 0.2) is 48.5 Å². The number of hydrogen-bond acceptors (Lipinski definition) is 5. The Bertz CT molecular complexity index is 812. The van der Waals surface area contributed by atoms with E-state index in [1.54, 1.807) is 24.3 Å². The molecule has 0 atom stereocenters. The SMILES string of the molecule is O=C(NNc1ccc(C(=O)N2CCCC2)cc1)c1ccc([N+](=O)[O-])cc1. The first-order valence-corrected chi connectivity index (χ1v) is 8.25. The molecule has 0 saturated carbocycles. The lowest BCUT2D eigenvalue weighted by atomic mass is 10.2. The standard InChI is InChI=1S/C18H18N4O4/c23-17(13-5-9-16(10-6-13)22(25)26)20-19-15-7-3-14(4-8-15)18(24)21-11-1-2-12-21/h3-10,19H,1-2,11-12H2,(H,20,23). The summed E-state index contributed by atoms with van der Waals surface area (Å²) in [6.45, 7) is 1.59. The smallest absolute Gasteiger partial charge is 0.269 e. The van der Waals surface area contributed by atoms with Crippen molar-refractivity contribution < 1.29 is 14.5 Å². The maximum Gasteiger partial charge on any atom is 0.269 e. The minimum Gasteiger partial charge on any atom is -0.339 e. The van der Waals surface area contributed by atoms with E-state index >= 15 is 0 Å². The summed E-state index contributed by atoms with van der Waals surface area (Å²) in [5.74, 6) is -0.402. The van der Waals surface area contributed by atoms with Gasteiger partial charge in [0.2, 0.25) is 0 Å². The van der Waals surface area contributed by atoms with Crippen LogP contribution in [0.5, 0.6) is 0 Å². The van der Waals surface area contributed by atoms with Crippen LogP contribution in [0.4, 0.5) is 11.4 Å². The minimum atomic E-state index is -0.523. The zero-order chi connectivity index (χ0) is 18.5. The molecule has 26 heavy (non-hydrogen) atoms. The van der Waals surface area contributed by atoms with Crippen LogP contribution in [0.1, 0.15) is 33.6 Å². The zero-order valence-corrected chi connectivity index (χ0v) is 14.0. The summed E-state index contributed by atoms with van der Waals surface area (Å²) in [6, 6.07) is 12.1. The Balaban J connectivity index is 1.56. The lowest BCUT2D eigenvalue weighted by molar-refractivity contribution is -0.384. The quantitative estimate of drug-likeness (QED) is 0.634. The van der Waals surface area contributed by atoms with E-state index in [2.05, 4.69) is 10.9 Å². The van der Waals surface area contributed by atoms with Crippen molar-refractivity contribution in [3.63, 3.8) is 0 Å². The molecule has 134 valence electrons. The highest BCUT2D eigenvalue weighted by atomic mass is 16.6. The molecule has 1 fully saturated rings. The second-order valence-corrected chi connectivity index (χ2v) is 5.96. The highest BCUT2D eigenvalue weighted by molar-refractivity contribution is 5.96. The topological polar surface area (TPSA) is 105 Å². The molecule has 1 aliphatic rings. The van der Waals surface area contributed by atoms with Gasteiger partial charge in [-0.2, -0.15) is 0 Å². The average molecular weight is 354 g/mol. The number of likely N-dealkylation sites (tertiary alicyclic amines) is 1. The fourth-order valence-electron chi connectivity index (χ4n) is 2.73. The van der Waals surface area contributed by atoms with Crippen LogP contribution in [-0.4, -0.2) is 34.7 Å². The molecule has 0 unspecified atom stereocenters. The van der Waals surface area contributed by atoms with Gasteiger partial charge in [-0.05, 0) is 49.2 Å². The molecule has 2 aromatic carbocycles. The number of non-ortho nitro benzene ring substituents is 1. The number of carbonyl (C=O) groups excluding carboxylic acids is 2. The van der Waals surface area contributed by atoms with Gasteiger partial charge in [0.25, 0.3) is 17.5 Å². The van der Waals surface area contributed by atoms with Crippen LogP contribution >= 0.6 is 0 Å². The van der Waals surface area contributed by atoms with E-state index in [9.17, 15) is 19.7 Å². The molecule has 8 heteroatoms. The van der Waals surface area contributed by atoms with Crippen LogP contribution in [0.25, 0.3) is 0 Å². The van der Waals surface area contributed by atoms with E-state index in [0.717, 1.165) is 25.9 Å². The normalized spacial score (nSPS) is 13.3. The lowest BCUT2D eigenvalue weighted by Crippen LogP contribution is -2.29.